The molecular weight excluding hydrogens is 291 g/mol. The number of sulfonamides is 1. The van der Waals surface area contributed by atoms with Gasteiger partial charge in [-0.2, -0.15) is 0 Å². The molecule has 1 aliphatic rings. The van der Waals surface area contributed by atoms with Gasteiger partial charge >= 0.3 is 0 Å². The zero-order valence-corrected chi connectivity index (χ0v) is 13.3. The third-order valence-corrected chi connectivity index (χ3v) is 5.72. The van der Waals surface area contributed by atoms with Gasteiger partial charge in [0.05, 0.1) is 0 Å². The molecule has 0 saturated heterocycles. The molecule has 0 radical (unpaired) electrons. The van der Waals surface area contributed by atoms with E-state index in [1.54, 1.807) is 6.92 Å². The van der Waals surface area contributed by atoms with Crippen LogP contribution in [0.25, 0.3) is 0 Å². The number of aryl methyl sites for hydroxylation is 1. The third-order valence-electron chi connectivity index (χ3n) is 4.19. The summed E-state index contributed by atoms with van der Waals surface area (Å²) in [7, 11) is -3.87. The Hall–Kier alpha value is -1.14. The molecule has 1 aromatic rings. The number of hydrogen-bond donors (Lipinski definition) is 2. The second kappa shape index (κ2) is 6.32. The molecule has 4 nitrogen and oxygen atoms in total. The fourth-order valence-corrected chi connectivity index (χ4v) is 4.16. The molecule has 21 heavy (non-hydrogen) atoms. The summed E-state index contributed by atoms with van der Waals surface area (Å²) in [6, 6.07) is 2.24. The second-order valence-corrected chi connectivity index (χ2v) is 7.75. The SMILES string of the molecule is Cc1cc(F)c(S(=O)(=O)NC2CCCC(C)CC2)cc1N. The van der Waals surface area contributed by atoms with Gasteiger partial charge in [0.25, 0.3) is 0 Å². The van der Waals surface area contributed by atoms with Gasteiger partial charge < -0.3 is 5.73 Å². The highest BCUT2D eigenvalue weighted by Gasteiger charge is 2.25. The molecule has 0 heterocycles. The Morgan fingerprint density at radius 3 is 2.67 bits per heavy atom. The summed E-state index contributed by atoms with van der Waals surface area (Å²) < 4.78 is 41.3. The lowest BCUT2D eigenvalue weighted by molar-refractivity contribution is 0.482. The molecule has 3 N–H and O–H groups in total. The lowest BCUT2D eigenvalue weighted by Gasteiger charge is -2.17. The van der Waals surface area contributed by atoms with Gasteiger partial charge in [0.15, 0.2) is 0 Å². The summed E-state index contributed by atoms with van der Waals surface area (Å²) in [5, 5.41) is 0. The Kier molecular flexibility index (Phi) is 4.88. The van der Waals surface area contributed by atoms with E-state index < -0.39 is 15.8 Å². The largest absolute Gasteiger partial charge is 0.398 e. The Labute approximate surface area is 126 Å². The molecular formula is C15H23FN2O2S. The monoisotopic (exact) mass is 314 g/mol. The van der Waals surface area contributed by atoms with Crippen LogP contribution in [0.4, 0.5) is 10.1 Å². The van der Waals surface area contributed by atoms with Crippen molar-refractivity contribution in [2.24, 2.45) is 5.92 Å². The van der Waals surface area contributed by atoms with E-state index in [0.29, 0.717) is 11.5 Å². The van der Waals surface area contributed by atoms with Crippen molar-refractivity contribution in [2.75, 3.05) is 5.73 Å². The zero-order chi connectivity index (χ0) is 15.6. The van der Waals surface area contributed by atoms with E-state index in [0.717, 1.165) is 32.1 Å². The summed E-state index contributed by atoms with van der Waals surface area (Å²) in [5.41, 5.74) is 6.52. The van der Waals surface area contributed by atoms with Gasteiger partial charge in [-0.1, -0.05) is 19.8 Å². The van der Waals surface area contributed by atoms with Crippen LogP contribution >= 0.6 is 0 Å². The maximum Gasteiger partial charge on any atom is 0.243 e. The lowest BCUT2D eigenvalue weighted by Crippen LogP contribution is -2.35. The molecule has 118 valence electrons. The summed E-state index contributed by atoms with van der Waals surface area (Å²) in [6.45, 7) is 3.83. The van der Waals surface area contributed by atoms with E-state index in [2.05, 4.69) is 11.6 Å². The van der Waals surface area contributed by atoms with Gasteiger partial charge in [0, 0.05) is 11.7 Å². The van der Waals surface area contributed by atoms with E-state index in [-0.39, 0.29) is 16.6 Å². The van der Waals surface area contributed by atoms with E-state index in [9.17, 15) is 12.8 Å². The number of anilines is 1. The van der Waals surface area contributed by atoms with Gasteiger partial charge in [0.2, 0.25) is 10.0 Å². The quantitative estimate of drug-likeness (QED) is 0.665. The molecule has 0 spiro atoms. The Balaban J connectivity index is 2.20. The van der Waals surface area contributed by atoms with Gasteiger partial charge in [-0.05, 0) is 49.8 Å². The number of halogens is 1. The van der Waals surface area contributed by atoms with E-state index >= 15 is 0 Å². The first-order valence-electron chi connectivity index (χ1n) is 7.37. The normalized spacial score (nSPS) is 23.8. The van der Waals surface area contributed by atoms with Crippen LogP contribution in [0.3, 0.4) is 0 Å². The summed E-state index contributed by atoms with van der Waals surface area (Å²) in [6.07, 6.45) is 4.69. The minimum atomic E-state index is -3.87. The fourth-order valence-electron chi connectivity index (χ4n) is 2.76. The van der Waals surface area contributed by atoms with Crippen molar-refractivity contribution in [3.63, 3.8) is 0 Å². The minimum absolute atomic E-state index is 0.123. The first-order chi connectivity index (χ1) is 9.79. The molecule has 2 unspecified atom stereocenters. The molecule has 6 heteroatoms. The molecule has 1 aromatic carbocycles. The Morgan fingerprint density at radius 1 is 1.24 bits per heavy atom. The standard InChI is InChI=1S/C15H23FN2O2S/c1-10-4-3-5-12(7-6-10)18-21(19,20)15-9-14(17)11(2)8-13(15)16/h8-10,12,18H,3-7,17H2,1-2H3. The number of benzene rings is 1. The topological polar surface area (TPSA) is 72.2 Å². The second-order valence-electron chi connectivity index (χ2n) is 6.07. The highest BCUT2D eigenvalue weighted by atomic mass is 32.2. The molecule has 1 fully saturated rings. The smallest absolute Gasteiger partial charge is 0.243 e. The number of rotatable bonds is 3. The summed E-state index contributed by atoms with van der Waals surface area (Å²) >= 11 is 0. The molecule has 1 aliphatic carbocycles. The van der Waals surface area contributed by atoms with Crippen LogP contribution in [-0.4, -0.2) is 14.5 Å². The van der Waals surface area contributed by atoms with Crippen LogP contribution in [0.15, 0.2) is 17.0 Å². The Bertz CT molecular complexity index is 616. The first-order valence-corrected chi connectivity index (χ1v) is 8.86. The zero-order valence-electron chi connectivity index (χ0n) is 12.5. The summed E-state index contributed by atoms with van der Waals surface area (Å²) in [4.78, 5) is -0.358. The van der Waals surface area contributed by atoms with Crippen LogP contribution in [0.5, 0.6) is 0 Å². The van der Waals surface area contributed by atoms with Crippen LogP contribution in [0, 0.1) is 18.7 Å². The maximum atomic E-state index is 13.9. The predicted molar refractivity (Wildman–Crippen MR) is 81.9 cm³/mol. The highest BCUT2D eigenvalue weighted by molar-refractivity contribution is 7.89. The van der Waals surface area contributed by atoms with E-state index in [1.807, 2.05) is 0 Å². The number of hydrogen-bond acceptors (Lipinski definition) is 3. The van der Waals surface area contributed by atoms with Crippen molar-refractivity contribution in [1.29, 1.82) is 0 Å². The number of nitrogens with one attached hydrogen (secondary N) is 1. The molecule has 0 aromatic heterocycles. The average Bonchev–Trinajstić information content (AvgIpc) is 2.58. The first kappa shape index (κ1) is 16.2. The maximum absolute atomic E-state index is 13.9. The molecule has 0 bridgehead atoms. The van der Waals surface area contributed by atoms with Crippen molar-refractivity contribution >= 4 is 15.7 Å². The van der Waals surface area contributed by atoms with Crippen LogP contribution in [0.2, 0.25) is 0 Å². The van der Waals surface area contributed by atoms with Gasteiger partial charge in [0.1, 0.15) is 10.7 Å². The van der Waals surface area contributed by atoms with Gasteiger partial charge in [-0.15, -0.1) is 0 Å². The van der Waals surface area contributed by atoms with Crippen LogP contribution in [-0.2, 0) is 10.0 Å². The van der Waals surface area contributed by atoms with Gasteiger partial charge in [-0.25, -0.2) is 17.5 Å². The molecule has 2 rings (SSSR count). The van der Waals surface area contributed by atoms with Crippen molar-refractivity contribution in [1.82, 2.24) is 4.72 Å². The molecule has 1 saturated carbocycles. The Morgan fingerprint density at radius 2 is 1.95 bits per heavy atom. The van der Waals surface area contributed by atoms with Crippen molar-refractivity contribution in [3.05, 3.63) is 23.5 Å². The minimum Gasteiger partial charge on any atom is -0.398 e. The predicted octanol–water partition coefficient (Wildman–Crippen LogP) is 2.96. The van der Waals surface area contributed by atoms with Crippen LogP contribution < -0.4 is 10.5 Å². The highest BCUT2D eigenvalue weighted by Crippen LogP contribution is 2.25. The van der Waals surface area contributed by atoms with E-state index in [1.165, 1.54) is 12.1 Å². The average molecular weight is 314 g/mol. The number of nitrogen functional groups attached to an aromatic ring is 1. The van der Waals surface area contributed by atoms with Crippen molar-refractivity contribution in [3.8, 4) is 0 Å². The summed E-state index contributed by atoms with van der Waals surface area (Å²) in [5.74, 6) is -0.137. The molecule has 2 atom stereocenters. The molecule has 0 aliphatic heterocycles. The van der Waals surface area contributed by atoms with Crippen molar-refractivity contribution < 1.29 is 12.8 Å². The van der Waals surface area contributed by atoms with Crippen LogP contribution in [0.1, 0.15) is 44.6 Å². The fraction of sp³-hybridized carbons (Fsp3) is 0.600. The van der Waals surface area contributed by atoms with E-state index in [4.69, 9.17) is 5.73 Å². The number of nitrogens with two attached hydrogens (primary N) is 1. The third kappa shape index (κ3) is 3.95. The lowest BCUT2D eigenvalue weighted by atomic mass is 10.0. The van der Waals surface area contributed by atoms with Crippen molar-refractivity contribution in [2.45, 2.75) is 56.9 Å². The van der Waals surface area contributed by atoms with Gasteiger partial charge in [-0.3, -0.25) is 0 Å². The molecule has 0 amide bonds.